The number of ether oxygens (including phenoxy) is 3. The average Bonchev–Trinajstić information content (AvgIpc) is 2.97. The maximum absolute atomic E-state index is 12.5. The van der Waals surface area contributed by atoms with E-state index in [1.807, 2.05) is 26.8 Å². The average molecular weight is 744 g/mol. The third-order valence-electron chi connectivity index (χ3n) is 7.27. The number of carbonyl (C=O) groups excluding carboxylic acids is 3. The van der Waals surface area contributed by atoms with Crippen LogP contribution in [-0.2, 0) is 28.6 Å². The van der Waals surface area contributed by atoms with Crippen LogP contribution in [0.2, 0.25) is 4.94 Å². The van der Waals surface area contributed by atoms with E-state index in [2.05, 4.69) is 46.5 Å². The van der Waals surface area contributed by atoms with Gasteiger partial charge in [0.15, 0.2) is 0 Å². The Morgan fingerprint density at radius 1 is 0.537 bits per heavy atom. The van der Waals surface area contributed by atoms with Gasteiger partial charge in [-0.05, 0) is 0 Å². The first-order valence-electron chi connectivity index (χ1n) is 16.1. The molecule has 0 radical (unpaired) electrons. The third-order valence-corrected chi connectivity index (χ3v) is 42.9. The zero-order valence-electron chi connectivity index (χ0n) is 27.1. The summed E-state index contributed by atoms with van der Waals surface area (Å²) in [5, 5.41) is 0. The van der Waals surface area contributed by atoms with Crippen LogP contribution in [-0.4, -0.2) is 69.2 Å². The first kappa shape index (κ1) is 41.3. The zero-order valence-corrected chi connectivity index (χ0v) is 32.4. The minimum absolute atomic E-state index is 0.00323. The maximum atomic E-state index is 12.5. The van der Waals surface area contributed by atoms with Gasteiger partial charge in [0.1, 0.15) is 0 Å². The van der Waals surface area contributed by atoms with Gasteiger partial charge in [0, 0.05) is 0 Å². The van der Waals surface area contributed by atoms with Gasteiger partial charge in [0.25, 0.3) is 0 Å². The van der Waals surface area contributed by atoms with Crippen LogP contribution in [0.5, 0.6) is 0 Å². The van der Waals surface area contributed by atoms with Crippen molar-refractivity contribution in [1.82, 2.24) is 0 Å². The van der Waals surface area contributed by atoms with Gasteiger partial charge in [0.05, 0.1) is 0 Å². The minimum atomic E-state index is -2.83. The van der Waals surface area contributed by atoms with Gasteiger partial charge in [-0.25, -0.2) is 0 Å². The molecule has 0 aromatic carbocycles. The molecule has 0 N–H and O–H groups in total. The molecular formula is C31H60O6S3Sn. The first-order chi connectivity index (χ1) is 19.7. The molecule has 0 fully saturated rings. The van der Waals surface area contributed by atoms with Gasteiger partial charge in [-0.1, -0.05) is 0 Å². The predicted molar refractivity (Wildman–Crippen MR) is 182 cm³/mol. The fourth-order valence-electron chi connectivity index (χ4n) is 4.40. The van der Waals surface area contributed by atoms with Gasteiger partial charge < -0.3 is 0 Å². The van der Waals surface area contributed by atoms with Crippen LogP contribution in [0.15, 0.2) is 0 Å². The molecule has 0 amide bonds. The van der Waals surface area contributed by atoms with Gasteiger partial charge in [0.2, 0.25) is 0 Å². The quantitative estimate of drug-likeness (QED) is 0.0355. The zero-order chi connectivity index (χ0) is 30.9. The Hall–Kier alpha value is 0.259. The molecule has 6 nitrogen and oxygen atoms in total. The van der Waals surface area contributed by atoms with Crippen molar-refractivity contribution in [2.75, 3.05) is 37.1 Å². The molecular weight excluding hydrogens is 683 g/mol. The topological polar surface area (TPSA) is 78.9 Å². The van der Waals surface area contributed by atoms with E-state index >= 15 is 0 Å². The summed E-state index contributed by atoms with van der Waals surface area (Å²) >= 11 is -2.83. The van der Waals surface area contributed by atoms with Crippen LogP contribution in [0.25, 0.3) is 0 Å². The van der Waals surface area contributed by atoms with Crippen molar-refractivity contribution in [1.29, 1.82) is 0 Å². The van der Waals surface area contributed by atoms with Crippen molar-refractivity contribution in [3.05, 3.63) is 0 Å². The van der Waals surface area contributed by atoms with E-state index in [1.165, 1.54) is 0 Å². The molecule has 10 heteroatoms. The van der Waals surface area contributed by atoms with E-state index in [1.54, 1.807) is 0 Å². The molecule has 242 valence electrons. The number of hydrogen-bond donors (Lipinski definition) is 0. The van der Waals surface area contributed by atoms with Gasteiger partial charge in [-0.15, -0.1) is 0 Å². The molecule has 0 aromatic heterocycles. The first-order valence-corrected chi connectivity index (χ1v) is 32.4. The van der Waals surface area contributed by atoms with Crippen LogP contribution in [0.1, 0.15) is 119 Å². The molecule has 0 aliphatic rings. The van der Waals surface area contributed by atoms with E-state index in [9.17, 15) is 14.4 Å². The molecule has 0 saturated heterocycles. The molecule has 3 atom stereocenters. The summed E-state index contributed by atoms with van der Waals surface area (Å²) in [7, 11) is 5.83. The van der Waals surface area contributed by atoms with E-state index in [0.717, 1.165) is 94.3 Å². The molecule has 0 heterocycles. The van der Waals surface area contributed by atoms with Crippen LogP contribution in [0.3, 0.4) is 0 Å². The molecule has 0 aromatic rings. The van der Waals surface area contributed by atoms with Crippen molar-refractivity contribution >= 4 is 59.0 Å². The number of unbranched alkanes of at least 4 members (excludes halogenated alkanes) is 3. The molecule has 0 rings (SSSR count). The van der Waals surface area contributed by atoms with Crippen LogP contribution in [0, 0.1) is 17.8 Å². The number of hydrogen-bond acceptors (Lipinski definition) is 9. The van der Waals surface area contributed by atoms with Crippen molar-refractivity contribution < 1.29 is 28.6 Å². The summed E-state index contributed by atoms with van der Waals surface area (Å²) in [6, 6.07) is 0. The monoisotopic (exact) mass is 744 g/mol. The van der Waals surface area contributed by atoms with E-state index in [-0.39, 0.29) is 35.7 Å². The molecule has 0 aliphatic carbocycles. The van der Waals surface area contributed by atoms with Gasteiger partial charge in [-0.3, -0.25) is 0 Å². The molecule has 0 aliphatic heterocycles. The number of esters is 3. The van der Waals surface area contributed by atoms with Crippen LogP contribution in [0.4, 0.5) is 0 Å². The fourth-order valence-corrected chi connectivity index (χ4v) is 35.2. The summed E-state index contributed by atoms with van der Waals surface area (Å²) in [6.07, 6.45) is 11.6. The second-order valence-electron chi connectivity index (χ2n) is 10.7. The summed E-state index contributed by atoms with van der Waals surface area (Å²) in [6.45, 7) is 13.9. The van der Waals surface area contributed by atoms with Crippen LogP contribution >= 0.6 is 26.8 Å². The summed E-state index contributed by atoms with van der Waals surface area (Å²) in [4.78, 5) is 39.9. The number of rotatable bonds is 27. The fraction of sp³-hybridized carbons (Fsp3) is 0.903. The Balaban J connectivity index is 4.90. The van der Waals surface area contributed by atoms with Crippen molar-refractivity contribution in [2.24, 2.45) is 17.8 Å². The molecule has 0 saturated carbocycles. The normalized spacial score (nSPS) is 15.0. The molecule has 41 heavy (non-hydrogen) atoms. The second kappa shape index (κ2) is 26.6. The second-order valence-corrected chi connectivity index (χ2v) is 46.7. The van der Waals surface area contributed by atoms with Gasteiger partial charge in [-0.2, -0.15) is 0 Å². The number of carbonyl (C=O) groups is 3. The van der Waals surface area contributed by atoms with Crippen molar-refractivity contribution in [2.45, 2.75) is 124 Å². The standard InChI is InChI=1S/3C10H20O2S.CH3.Sn/c3*1-3-5-6-9(4-2)10(11)12-7-8-13;;/h3*9,13H,3-8H2,1-2H3;1H3;/q;;;;+3/p-3. The van der Waals surface area contributed by atoms with E-state index in [0.29, 0.717) is 19.8 Å². The Kier molecular flexibility index (Phi) is 26.8. The summed E-state index contributed by atoms with van der Waals surface area (Å²) in [5.74, 6) is 2.09. The third kappa shape index (κ3) is 20.0. The van der Waals surface area contributed by atoms with Crippen molar-refractivity contribution in [3.63, 3.8) is 0 Å². The van der Waals surface area contributed by atoms with E-state index < -0.39 is 14.2 Å². The van der Waals surface area contributed by atoms with E-state index in [4.69, 9.17) is 14.2 Å². The predicted octanol–water partition coefficient (Wildman–Crippen LogP) is 9.03. The summed E-state index contributed by atoms with van der Waals surface area (Å²) in [5.41, 5.74) is 0. The van der Waals surface area contributed by atoms with Gasteiger partial charge >= 0.3 is 266 Å². The van der Waals surface area contributed by atoms with Crippen molar-refractivity contribution in [3.8, 4) is 0 Å². The van der Waals surface area contributed by atoms with Crippen LogP contribution < -0.4 is 0 Å². The Bertz CT molecular complexity index is 608. The Labute approximate surface area is 264 Å². The SMILES string of the molecule is CCCCC(CC)C(=O)OCC[S][Sn]([CH3])([S]CCOC(=O)C(CC)CCCC)[S]CCOC(=O)C(CC)CCCC. The molecule has 3 unspecified atom stereocenters. The molecule has 0 bridgehead atoms. The Morgan fingerprint density at radius 2 is 0.805 bits per heavy atom. The Morgan fingerprint density at radius 3 is 1.02 bits per heavy atom. The molecule has 0 spiro atoms. The summed E-state index contributed by atoms with van der Waals surface area (Å²) < 4.78 is 17.0.